The fraction of sp³-hybridized carbons (Fsp3) is 0.391. The summed E-state index contributed by atoms with van der Waals surface area (Å²) in [6, 6.07) is 14.9. The molecule has 1 aliphatic rings. The average molecular weight is 413 g/mol. The zero-order valence-corrected chi connectivity index (χ0v) is 17.6. The molecule has 1 amide bonds. The van der Waals surface area contributed by atoms with Crippen molar-refractivity contribution < 1.29 is 24.0 Å². The van der Waals surface area contributed by atoms with Gasteiger partial charge in [0.05, 0.1) is 45.5 Å². The summed E-state index contributed by atoms with van der Waals surface area (Å²) in [5, 5.41) is 2.91. The Kier molecular flexibility index (Phi) is 7.68. The fourth-order valence-electron chi connectivity index (χ4n) is 3.47. The summed E-state index contributed by atoms with van der Waals surface area (Å²) in [5.74, 6) is 0.487. The van der Waals surface area contributed by atoms with E-state index in [4.69, 9.17) is 9.47 Å². The topological polar surface area (TPSA) is 72.3 Å². The van der Waals surface area contributed by atoms with E-state index in [1.54, 1.807) is 31.4 Å². The maximum atomic E-state index is 12.4. The lowest BCUT2D eigenvalue weighted by atomic mass is 10.2. The number of nitrogens with one attached hydrogen (secondary N) is 2. The van der Waals surface area contributed by atoms with E-state index in [2.05, 4.69) is 16.3 Å². The van der Waals surface area contributed by atoms with E-state index in [1.807, 2.05) is 25.1 Å². The second-order valence-corrected chi connectivity index (χ2v) is 7.38. The molecule has 0 saturated carbocycles. The number of benzene rings is 2. The van der Waals surface area contributed by atoms with Gasteiger partial charge in [0.1, 0.15) is 5.75 Å². The van der Waals surface area contributed by atoms with Crippen molar-refractivity contribution in [2.24, 2.45) is 0 Å². The Labute approximate surface area is 177 Å². The van der Waals surface area contributed by atoms with Crippen molar-refractivity contribution in [3.8, 4) is 5.75 Å². The Bertz CT molecular complexity index is 846. The number of methoxy groups -OCH3 is 1. The summed E-state index contributed by atoms with van der Waals surface area (Å²) in [4.78, 5) is 27.8. The van der Waals surface area contributed by atoms with E-state index in [1.165, 1.54) is 4.90 Å². The highest BCUT2D eigenvalue weighted by molar-refractivity contribution is 5.93. The van der Waals surface area contributed by atoms with E-state index in [0.29, 0.717) is 24.4 Å². The quantitative estimate of drug-likeness (QED) is 0.645. The summed E-state index contributed by atoms with van der Waals surface area (Å²) < 4.78 is 10.4. The van der Waals surface area contributed by atoms with Crippen LogP contribution in [0.1, 0.15) is 23.7 Å². The van der Waals surface area contributed by atoms with Crippen LogP contribution in [0.5, 0.6) is 5.75 Å². The van der Waals surface area contributed by atoms with Gasteiger partial charge in [0.2, 0.25) is 0 Å². The van der Waals surface area contributed by atoms with Gasteiger partial charge >= 0.3 is 5.97 Å². The molecule has 160 valence electrons. The zero-order chi connectivity index (χ0) is 21.3. The standard InChI is InChI=1S/C23H29N3O4/c1-3-15-30-23(28)18-7-9-19(10-8-18)24-22(27)17-25-11-13-26(14-12-25)20-5-4-6-21(16-20)29-2/h4-10,16H,3,11-15,17H2,1-2H3,(H,24,27)/p+1. The molecule has 0 aromatic heterocycles. The van der Waals surface area contributed by atoms with Gasteiger partial charge in [0.25, 0.3) is 5.91 Å². The first-order valence-electron chi connectivity index (χ1n) is 10.4. The number of quaternary nitrogens is 1. The molecule has 0 unspecified atom stereocenters. The molecule has 1 aliphatic heterocycles. The van der Waals surface area contributed by atoms with E-state index in [9.17, 15) is 9.59 Å². The number of piperazine rings is 1. The minimum absolute atomic E-state index is 0.0267. The van der Waals surface area contributed by atoms with E-state index in [0.717, 1.165) is 44.0 Å². The Morgan fingerprint density at radius 1 is 1.10 bits per heavy atom. The summed E-state index contributed by atoms with van der Waals surface area (Å²) in [7, 11) is 1.67. The van der Waals surface area contributed by atoms with E-state index >= 15 is 0 Å². The van der Waals surface area contributed by atoms with Crippen molar-refractivity contribution in [2.45, 2.75) is 13.3 Å². The highest BCUT2D eigenvalue weighted by Crippen LogP contribution is 2.20. The molecule has 2 aromatic carbocycles. The van der Waals surface area contributed by atoms with Crippen molar-refractivity contribution >= 4 is 23.3 Å². The SMILES string of the molecule is CCCOC(=O)c1ccc(NC(=O)C[NH+]2CCN(c3cccc(OC)c3)CC2)cc1. The minimum atomic E-state index is -0.340. The van der Waals surface area contributed by atoms with Crippen LogP contribution in [0.15, 0.2) is 48.5 Å². The molecule has 0 aliphatic carbocycles. The number of amides is 1. The lowest BCUT2D eigenvalue weighted by Crippen LogP contribution is -3.15. The number of rotatable bonds is 8. The molecule has 1 saturated heterocycles. The summed E-state index contributed by atoms with van der Waals surface area (Å²) >= 11 is 0. The number of anilines is 2. The third-order valence-corrected chi connectivity index (χ3v) is 5.14. The van der Waals surface area contributed by atoms with Crippen LogP contribution in [-0.2, 0) is 9.53 Å². The molecule has 30 heavy (non-hydrogen) atoms. The molecule has 1 fully saturated rings. The second-order valence-electron chi connectivity index (χ2n) is 7.38. The molecule has 0 spiro atoms. The zero-order valence-electron chi connectivity index (χ0n) is 17.6. The first kappa shape index (κ1) is 21.6. The third-order valence-electron chi connectivity index (χ3n) is 5.14. The Hall–Kier alpha value is -3.06. The number of hydrogen-bond donors (Lipinski definition) is 2. The molecule has 0 atom stereocenters. The van der Waals surface area contributed by atoms with Crippen molar-refractivity contribution in [1.82, 2.24) is 0 Å². The van der Waals surface area contributed by atoms with Gasteiger partial charge in [-0.2, -0.15) is 0 Å². The van der Waals surface area contributed by atoms with Crippen molar-refractivity contribution in [3.05, 3.63) is 54.1 Å². The smallest absolute Gasteiger partial charge is 0.338 e. The molecule has 3 rings (SSSR count). The monoisotopic (exact) mass is 412 g/mol. The van der Waals surface area contributed by atoms with Crippen LogP contribution in [-0.4, -0.2) is 58.3 Å². The largest absolute Gasteiger partial charge is 0.497 e. The van der Waals surface area contributed by atoms with Crippen LogP contribution in [0, 0.1) is 0 Å². The average Bonchev–Trinajstić information content (AvgIpc) is 2.78. The number of carbonyl (C=O) groups excluding carboxylic acids is 2. The molecule has 0 bridgehead atoms. The normalized spacial score (nSPS) is 14.3. The second kappa shape index (κ2) is 10.6. The molecule has 7 heteroatoms. The van der Waals surface area contributed by atoms with Gasteiger partial charge in [-0.3, -0.25) is 4.79 Å². The predicted molar refractivity (Wildman–Crippen MR) is 116 cm³/mol. The summed E-state index contributed by atoms with van der Waals surface area (Å²) in [5.41, 5.74) is 2.32. The lowest BCUT2D eigenvalue weighted by molar-refractivity contribution is -0.892. The molecular formula is C23H30N3O4+. The molecular weight excluding hydrogens is 382 g/mol. The van der Waals surface area contributed by atoms with Crippen molar-refractivity contribution in [2.75, 3.05) is 56.7 Å². The lowest BCUT2D eigenvalue weighted by Gasteiger charge is -2.33. The van der Waals surface area contributed by atoms with Gasteiger partial charge in [0, 0.05) is 17.4 Å². The van der Waals surface area contributed by atoms with Crippen LogP contribution in [0.2, 0.25) is 0 Å². The molecule has 2 N–H and O–H groups in total. The van der Waals surface area contributed by atoms with Gasteiger partial charge in [-0.25, -0.2) is 4.79 Å². The number of esters is 1. The molecule has 0 radical (unpaired) electrons. The van der Waals surface area contributed by atoms with E-state index in [-0.39, 0.29) is 11.9 Å². The maximum Gasteiger partial charge on any atom is 0.338 e. The summed E-state index contributed by atoms with van der Waals surface area (Å²) in [6.45, 7) is 6.36. The van der Waals surface area contributed by atoms with E-state index < -0.39 is 0 Å². The predicted octanol–water partition coefficient (Wildman–Crippen LogP) is 1.61. The molecule has 7 nitrogen and oxygen atoms in total. The van der Waals surface area contributed by atoms with Crippen molar-refractivity contribution in [3.63, 3.8) is 0 Å². The van der Waals surface area contributed by atoms with Crippen LogP contribution in [0.4, 0.5) is 11.4 Å². The van der Waals surface area contributed by atoms with Gasteiger partial charge in [-0.05, 0) is 42.8 Å². The van der Waals surface area contributed by atoms with Crippen LogP contribution < -0.4 is 19.9 Å². The highest BCUT2D eigenvalue weighted by Gasteiger charge is 2.22. The molecule has 2 aromatic rings. The number of ether oxygens (including phenoxy) is 2. The minimum Gasteiger partial charge on any atom is -0.497 e. The van der Waals surface area contributed by atoms with Crippen molar-refractivity contribution in [1.29, 1.82) is 0 Å². The highest BCUT2D eigenvalue weighted by atomic mass is 16.5. The summed E-state index contributed by atoms with van der Waals surface area (Å²) in [6.07, 6.45) is 0.788. The van der Waals surface area contributed by atoms with Crippen LogP contribution in [0.3, 0.4) is 0 Å². The van der Waals surface area contributed by atoms with Gasteiger partial charge < -0.3 is 24.6 Å². The number of carbonyl (C=O) groups is 2. The third kappa shape index (κ3) is 5.97. The van der Waals surface area contributed by atoms with Crippen LogP contribution in [0.25, 0.3) is 0 Å². The Morgan fingerprint density at radius 3 is 2.50 bits per heavy atom. The number of nitrogens with zero attached hydrogens (tertiary/aromatic N) is 1. The first-order valence-corrected chi connectivity index (χ1v) is 10.4. The van der Waals surface area contributed by atoms with Gasteiger partial charge in [0.15, 0.2) is 6.54 Å². The maximum absolute atomic E-state index is 12.4. The van der Waals surface area contributed by atoms with Gasteiger partial charge in [-0.1, -0.05) is 13.0 Å². The van der Waals surface area contributed by atoms with Gasteiger partial charge in [-0.15, -0.1) is 0 Å². The fourth-order valence-corrected chi connectivity index (χ4v) is 3.47. The first-order chi connectivity index (χ1) is 14.6. The Morgan fingerprint density at radius 2 is 1.83 bits per heavy atom. The number of hydrogen-bond acceptors (Lipinski definition) is 5. The molecule has 1 heterocycles. The van der Waals surface area contributed by atoms with Crippen LogP contribution >= 0.6 is 0 Å². The Balaban J connectivity index is 1.45.